The number of hydrogen-bond acceptors (Lipinski definition) is 5. The van der Waals surface area contributed by atoms with Gasteiger partial charge in [-0.05, 0) is 32.4 Å². The molecule has 0 atom stereocenters. The van der Waals surface area contributed by atoms with Gasteiger partial charge in [-0.15, -0.1) is 0 Å². The minimum absolute atomic E-state index is 0.0979. The lowest BCUT2D eigenvalue weighted by molar-refractivity contribution is -0.114. The summed E-state index contributed by atoms with van der Waals surface area (Å²) in [5.74, 6) is 0.806. The molecular weight excluding hydrogens is 334 g/mol. The first-order valence-electron chi connectivity index (χ1n) is 8.32. The van der Waals surface area contributed by atoms with Crippen molar-refractivity contribution in [1.82, 2.24) is 19.2 Å². The highest BCUT2D eigenvalue weighted by Gasteiger charge is 2.11. The van der Waals surface area contributed by atoms with Crippen LogP contribution in [0.3, 0.4) is 0 Å². The van der Waals surface area contributed by atoms with Crippen molar-refractivity contribution in [1.29, 1.82) is 0 Å². The van der Waals surface area contributed by atoms with E-state index in [0.29, 0.717) is 22.9 Å². The quantitative estimate of drug-likeness (QED) is 0.758. The Balaban J connectivity index is 1.84. The van der Waals surface area contributed by atoms with E-state index in [0.717, 1.165) is 5.56 Å². The van der Waals surface area contributed by atoms with Crippen LogP contribution < -0.4 is 15.6 Å². The van der Waals surface area contributed by atoms with Crippen LogP contribution in [-0.2, 0) is 11.4 Å². The number of amides is 1. The normalized spacial score (nSPS) is 11.1. The standard InChI is InChI=1S/C18H21N5O3/c1-11(2)22-10-19-18-21-15(8-17(25)23(18)22)9-26-16-7-14(20-13(4)24)6-5-12(16)3/h5-8,10-11H,9H2,1-4H3,(H,20,24). The molecular formula is C18H21N5O3. The van der Waals surface area contributed by atoms with Crippen LogP contribution in [0, 0.1) is 6.92 Å². The summed E-state index contributed by atoms with van der Waals surface area (Å²) < 4.78 is 8.98. The molecule has 0 radical (unpaired) electrons. The van der Waals surface area contributed by atoms with Gasteiger partial charge in [-0.1, -0.05) is 6.07 Å². The van der Waals surface area contributed by atoms with Gasteiger partial charge in [0.25, 0.3) is 11.3 Å². The van der Waals surface area contributed by atoms with Gasteiger partial charge in [0.05, 0.1) is 5.69 Å². The van der Waals surface area contributed by atoms with Crippen LogP contribution in [0.4, 0.5) is 5.69 Å². The van der Waals surface area contributed by atoms with Gasteiger partial charge in [0.15, 0.2) is 0 Å². The molecule has 3 rings (SSSR count). The molecule has 0 aliphatic heterocycles. The Morgan fingerprint density at radius 2 is 2.08 bits per heavy atom. The van der Waals surface area contributed by atoms with Gasteiger partial charge in [-0.3, -0.25) is 14.3 Å². The molecule has 0 fully saturated rings. The number of fused-ring (bicyclic) bond motifs is 1. The Kier molecular flexibility index (Phi) is 4.75. The number of anilines is 1. The zero-order valence-electron chi connectivity index (χ0n) is 15.2. The van der Waals surface area contributed by atoms with E-state index in [1.54, 1.807) is 23.1 Å². The molecule has 26 heavy (non-hydrogen) atoms. The average molecular weight is 355 g/mol. The van der Waals surface area contributed by atoms with E-state index in [1.165, 1.54) is 17.5 Å². The minimum atomic E-state index is -0.205. The molecule has 2 heterocycles. The third-order valence-corrected chi connectivity index (χ3v) is 3.87. The molecule has 0 unspecified atom stereocenters. The van der Waals surface area contributed by atoms with E-state index >= 15 is 0 Å². The van der Waals surface area contributed by atoms with Gasteiger partial charge in [0.2, 0.25) is 5.91 Å². The summed E-state index contributed by atoms with van der Waals surface area (Å²) >= 11 is 0. The molecule has 0 spiro atoms. The SMILES string of the molecule is CC(=O)Nc1ccc(C)c(OCc2cc(=O)n3c(ncn3C(C)C)n2)c1. The van der Waals surface area contributed by atoms with Gasteiger partial charge in [0.1, 0.15) is 18.7 Å². The zero-order chi connectivity index (χ0) is 18.8. The molecule has 1 aromatic carbocycles. The number of ether oxygens (including phenoxy) is 1. The maximum Gasteiger partial charge on any atom is 0.274 e. The van der Waals surface area contributed by atoms with Gasteiger partial charge >= 0.3 is 0 Å². The summed E-state index contributed by atoms with van der Waals surface area (Å²) in [4.78, 5) is 32.2. The minimum Gasteiger partial charge on any atom is -0.487 e. The molecule has 8 heteroatoms. The number of nitrogens with one attached hydrogen (secondary N) is 1. The maximum atomic E-state index is 12.4. The van der Waals surface area contributed by atoms with E-state index in [1.807, 2.05) is 26.8 Å². The van der Waals surface area contributed by atoms with Crippen molar-refractivity contribution in [2.45, 2.75) is 40.3 Å². The maximum absolute atomic E-state index is 12.4. The van der Waals surface area contributed by atoms with E-state index in [-0.39, 0.29) is 24.1 Å². The van der Waals surface area contributed by atoms with Gasteiger partial charge in [-0.25, -0.2) is 4.98 Å². The number of carbonyl (C=O) groups is 1. The molecule has 1 amide bonds. The summed E-state index contributed by atoms with van der Waals surface area (Å²) in [7, 11) is 0. The van der Waals surface area contributed by atoms with Crippen LogP contribution in [0.1, 0.15) is 38.1 Å². The van der Waals surface area contributed by atoms with Crippen LogP contribution >= 0.6 is 0 Å². The van der Waals surface area contributed by atoms with Crippen molar-refractivity contribution in [3.05, 3.63) is 52.2 Å². The zero-order valence-corrected chi connectivity index (χ0v) is 15.2. The fourth-order valence-electron chi connectivity index (χ4n) is 2.60. The first-order valence-corrected chi connectivity index (χ1v) is 8.32. The highest BCUT2D eigenvalue weighted by Crippen LogP contribution is 2.23. The van der Waals surface area contributed by atoms with Crippen molar-refractivity contribution in [3.8, 4) is 5.75 Å². The molecule has 136 valence electrons. The molecule has 3 aromatic rings. The van der Waals surface area contributed by atoms with E-state index in [2.05, 4.69) is 15.3 Å². The average Bonchev–Trinajstić information content (AvgIpc) is 2.99. The lowest BCUT2D eigenvalue weighted by Gasteiger charge is -2.12. The Hall–Kier alpha value is -3.16. The first-order chi connectivity index (χ1) is 12.3. The largest absolute Gasteiger partial charge is 0.487 e. The lowest BCUT2D eigenvalue weighted by Crippen LogP contribution is -2.23. The van der Waals surface area contributed by atoms with E-state index in [4.69, 9.17) is 4.74 Å². The first kappa shape index (κ1) is 17.7. The van der Waals surface area contributed by atoms with Crippen LogP contribution in [0.25, 0.3) is 5.78 Å². The van der Waals surface area contributed by atoms with Crippen molar-refractivity contribution in [3.63, 3.8) is 0 Å². The van der Waals surface area contributed by atoms with Crippen LogP contribution in [0.2, 0.25) is 0 Å². The molecule has 2 aromatic heterocycles. The second kappa shape index (κ2) is 6.99. The van der Waals surface area contributed by atoms with Crippen molar-refractivity contribution >= 4 is 17.4 Å². The monoisotopic (exact) mass is 355 g/mol. The van der Waals surface area contributed by atoms with Gasteiger partial charge < -0.3 is 10.1 Å². The molecule has 0 bridgehead atoms. The van der Waals surface area contributed by atoms with Crippen molar-refractivity contribution in [2.75, 3.05) is 5.32 Å². The highest BCUT2D eigenvalue weighted by molar-refractivity contribution is 5.88. The number of nitrogens with zero attached hydrogens (tertiary/aromatic N) is 4. The van der Waals surface area contributed by atoms with Gasteiger partial charge in [0, 0.05) is 30.8 Å². The Labute approximate surface area is 150 Å². The van der Waals surface area contributed by atoms with Crippen molar-refractivity contribution < 1.29 is 9.53 Å². The third-order valence-electron chi connectivity index (χ3n) is 3.87. The second-order valence-corrected chi connectivity index (χ2v) is 6.37. The highest BCUT2D eigenvalue weighted by atomic mass is 16.5. The fraction of sp³-hybridized carbons (Fsp3) is 0.333. The number of benzene rings is 1. The topological polar surface area (TPSA) is 90.5 Å². The van der Waals surface area contributed by atoms with Gasteiger partial charge in [-0.2, -0.15) is 9.50 Å². The number of aryl methyl sites for hydroxylation is 1. The predicted molar refractivity (Wildman–Crippen MR) is 97.4 cm³/mol. The summed E-state index contributed by atoms with van der Waals surface area (Å²) in [5, 5.41) is 2.72. The Bertz CT molecular complexity index is 1020. The molecule has 1 N–H and O–H groups in total. The molecule has 0 aliphatic rings. The Morgan fingerprint density at radius 1 is 1.31 bits per heavy atom. The molecule has 0 aliphatic carbocycles. The molecule has 8 nitrogen and oxygen atoms in total. The van der Waals surface area contributed by atoms with Crippen LogP contribution in [0.5, 0.6) is 5.75 Å². The fourth-order valence-corrected chi connectivity index (χ4v) is 2.60. The number of hydrogen-bond donors (Lipinski definition) is 1. The van der Waals surface area contributed by atoms with Crippen LogP contribution in [0.15, 0.2) is 35.4 Å². The lowest BCUT2D eigenvalue weighted by atomic mass is 10.2. The van der Waals surface area contributed by atoms with E-state index < -0.39 is 0 Å². The summed E-state index contributed by atoms with van der Waals surface area (Å²) in [6.07, 6.45) is 1.60. The number of carbonyl (C=O) groups excluding carboxylic acids is 1. The van der Waals surface area contributed by atoms with Crippen molar-refractivity contribution in [2.24, 2.45) is 0 Å². The number of aromatic nitrogens is 4. The van der Waals surface area contributed by atoms with Crippen LogP contribution in [-0.4, -0.2) is 25.1 Å². The smallest absolute Gasteiger partial charge is 0.274 e. The molecule has 0 saturated carbocycles. The number of rotatable bonds is 5. The summed E-state index contributed by atoms with van der Waals surface area (Å²) in [5.41, 5.74) is 1.86. The summed E-state index contributed by atoms with van der Waals surface area (Å²) in [6, 6.07) is 6.95. The summed E-state index contributed by atoms with van der Waals surface area (Å²) in [6.45, 7) is 7.42. The third kappa shape index (κ3) is 3.58. The Morgan fingerprint density at radius 3 is 2.77 bits per heavy atom. The predicted octanol–water partition coefficient (Wildman–Crippen LogP) is 2.32. The second-order valence-electron chi connectivity index (χ2n) is 6.37. The molecule has 0 saturated heterocycles. The van der Waals surface area contributed by atoms with E-state index in [9.17, 15) is 9.59 Å².